The second-order valence-corrected chi connectivity index (χ2v) is 13.7. The molecule has 0 saturated carbocycles. The highest BCUT2D eigenvalue weighted by Gasteiger charge is 2.54. The topological polar surface area (TPSA) is 308 Å². The van der Waals surface area contributed by atoms with Crippen molar-refractivity contribution in [2.75, 3.05) is 34.8 Å². The molecule has 0 spiro atoms. The Bertz CT molecular complexity index is 1800. The van der Waals surface area contributed by atoms with Crippen LogP contribution in [0, 0.1) is 0 Å². The fourth-order valence-electron chi connectivity index (χ4n) is 4.41. The van der Waals surface area contributed by atoms with Gasteiger partial charge < -0.3 is 48.6 Å². The van der Waals surface area contributed by atoms with Gasteiger partial charge in [-0.25, -0.2) is 19.1 Å². The number of aromatic nitrogens is 3. The Kier molecular flexibility index (Phi) is 11.3. The van der Waals surface area contributed by atoms with E-state index in [9.17, 15) is 34.2 Å². The van der Waals surface area contributed by atoms with Gasteiger partial charge in [-0.2, -0.15) is 0 Å². The smallest absolute Gasteiger partial charge is 0.352 e. The standard InChI is InChI=1S/C27H32ClN11O8S2/c1-27(2,25(45)46)47-37-14(13-18(28)49-26(32)36-13)21(41)35-16-22(42)39-17(24(43)44)11(9-48-23(16)39)5-4-8-38-10-33-19(30)15(20(38)31)34-12(40)6-3-7-29/h4-5,10,16,23H,3,6-9,29H2,1-2H3,(H9,30,31,32,34,35,36,37,40,41,43,44,45,46)/p+1/b5-4+/t16-,23-/m1/s1. The van der Waals surface area contributed by atoms with Crippen LogP contribution in [0.5, 0.6) is 0 Å². The van der Waals surface area contributed by atoms with Crippen molar-refractivity contribution >= 4 is 92.5 Å². The Labute approximate surface area is 291 Å². The number of nitrogens with zero attached hydrogens (tertiary/aromatic N) is 5. The fourth-order valence-corrected chi connectivity index (χ4v) is 6.66. The molecule has 0 radical (unpaired) electrons. The van der Waals surface area contributed by atoms with Gasteiger partial charge in [0.2, 0.25) is 29.5 Å². The molecule has 4 heterocycles. The van der Waals surface area contributed by atoms with Crippen LogP contribution in [0.4, 0.5) is 22.5 Å². The number of allylic oxidation sites excluding steroid dienone is 2. The number of thiazole rings is 1. The van der Waals surface area contributed by atoms with Crippen LogP contribution in [0.25, 0.3) is 0 Å². The van der Waals surface area contributed by atoms with Crippen LogP contribution in [-0.2, 0) is 35.4 Å². The number of carboxylic acid groups (broad SMARTS) is 2. The zero-order chi connectivity index (χ0) is 36.2. The van der Waals surface area contributed by atoms with E-state index in [1.54, 1.807) is 6.08 Å². The summed E-state index contributed by atoms with van der Waals surface area (Å²) in [7, 11) is 0. The minimum Gasteiger partial charge on any atom is -0.478 e. The van der Waals surface area contributed by atoms with E-state index in [2.05, 4.69) is 25.8 Å². The highest BCUT2D eigenvalue weighted by atomic mass is 35.5. The Morgan fingerprint density at radius 3 is 2.59 bits per heavy atom. The van der Waals surface area contributed by atoms with Crippen LogP contribution in [-0.4, -0.2) is 89.8 Å². The molecule has 22 heteroatoms. The van der Waals surface area contributed by atoms with Crippen LogP contribution in [0.1, 0.15) is 32.4 Å². The number of carbonyl (C=O) groups excluding carboxylic acids is 3. The van der Waals surface area contributed by atoms with Gasteiger partial charge in [-0.3, -0.25) is 19.3 Å². The number of thioether (sulfide) groups is 1. The van der Waals surface area contributed by atoms with Gasteiger partial charge in [-0.15, -0.1) is 11.8 Å². The molecule has 262 valence electrons. The lowest BCUT2D eigenvalue weighted by Crippen LogP contribution is -2.71. The average Bonchev–Trinajstić information content (AvgIpc) is 3.38. The van der Waals surface area contributed by atoms with Crippen molar-refractivity contribution in [2.45, 2.75) is 50.3 Å². The monoisotopic (exact) mass is 738 g/mol. The van der Waals surface area contributed by atoms with Crippen LogP contribution in [0.2, 0.25) is 4.34 Å². The lowest BCUT2D eigenvalue weighted by molar-refractivity contribution is -0.674. The third-order valence-electron chi connectivity index (χ3n) is 7.06. The molecule has 49 heavy (non-hydrogen) atoms. The SMILES string of the molecule is CC(C)(O/N=C(\C(=O)N[C@@H]1C(=O)N2C(C(=O)O)=C(/C=C/C[n+]3cnc(N)c(NC(=O)CCCN)c3N)CS[C@H]12)c1nc(N)sc1Cl)C(=O)O. The number of β-lactam (4-membered cyclic amide) rings is 1. The maximum Gasteiger partial charge on any atom is 0.352 e. The highest BCUT2D eigenvalue weighted by Crippen LogP contribution is 2.41. The lowest BCUT2D eigenvalue weighted by atomic mass is 10.0. The molecular weight excluding hydrogens is 706 g/mol. The number of carbonyl (C=O) groups is 5. The van der Waals surface area contributed by atoms with E-state index in [1.807, 2.05) is 0 Å². The van der Waals surface area contributed by atoms with E-state index in [-0.39, 0.29) is 62.8 Å². The van der Waals surface area contributed by atoms with Crippen molar-refractivity contribution in [3.63, 3.8) is 0 Å². The number of anilines is 4. The molecule has 12 N–H and O–H groups in total. The maximum absolute atomic E-state index is 13.4. The molecular formula is C27H33ClN11O8S2+. The average molecular weight is 739 g/mol. The number of halogens is 1. The number of aliphatic carboxylic acids is 2. The molecule has 2 aromatic rings. The molecule has 0 bridgehead atoms. The Morgan fingerprint density at radius 2 is 1.98 bits per heavy atom. The predicted octanol–water partition coefficient (Wildman–Crippen LogP) is -0.518. The highest BCUT2D eigenvalue weighted by molar-refractivity contribution is 8.00. The van der Waals surface area contributed by atoms with Gasteiger partial charge in [0.05, 0.1) is 6.54 Å². The fraction of sp³-hybridized carbons (Fsp3) is 0.370. The first-order valence-corrected chi connectivity index (χ1v) is 16.5. The van der Waals surface area contributed by atoms with Crippen LogP contribution in [0.3, 0.4) is 0 Å². The minimum atomic E-state index is -1.84. The zero-order valence-electron chi connectivity index (χ0n) is 26.0. The number of nitrogens with one attached hydrogen (secondary N) is 2. The summed E-state index contributed by atoms with van der Waals surface area (Å²) < 4.78 is 1.44. The van der Waals surface area contributed by atoms with Gasteiger partial charge in [0.15, 0.2) is 16.5 Å². The first-order chi connectivity index (χ1) is 23.1. The van der Waals surface area contributed by atoms with Gasteiger partial charge in [-0.1, -0.05) is 45.2 Å². The second-order valence-electron chi connectivity index (χ2n) is 10.9. The Balaban J connectivity index is 1.52. The summed E-state index contributed by atoms with van der Waals surface area (Å²) in [6.45, 7) is 2.84. The largest absolute Gasteiger partial charge is 0.478 e. The number of nitrogen functional groups attached to an aromatic ring is 3. The van der Waals surface area contributed by atoms with Crippen molar-refractivity contribution in [1.82, 2.24) is 20.2 Å². The van der Waals surface area contributed by atoms with Crippen molar-refractivity contribution in [2.24, 2.45) is 10.9 Å². The van der Waals surface area contributed by atoms with E-state index in [0.717, 1.165) is 16.2 Å². The van der Waals surface area contributed by atoms with Crippen molar-refractivity contribution in [3.8, 4) is 0 Å². The number of carboxylic acids is 2. The van der Waals surface area contributed by atoms with Gasteiger partial charge in [0.25, 0.3) is 11.8 Å². The van der Waals surface area contributed by atoms with Gasteiger partial charge >= 0.3 is 11.9 Å². The summed E-state index contributed by atoms with van der Waals surface area (Å²) >= 11 is 8.20. The number of fused-ring (bicyclic) bond motifs is 1. The van der Waals surface area contributed by atoms with Crippen molar-refractivity contribution in [1.29, 1.82) is 0 Å². The molecule has 19 nitrogen and oxygen atoms in total. The van der Waals surface area contributed by atoms with Gasteiger partial charge in [-0.05, 0) is 32.4 Å². The Morgan fingerprint density at radius 1 is 1.27 bits per heavy atom. The molecule has 1 fully saturated rings. The van der Waals surface area contributed by atoms with Crippen LogP contribution in [0.15, 0.2) is 34.9 Å². The number of rotatable bonds is 14. The third kappa shape index (κ3) is 8.01. The molecule has 0 aromatic carbocycles. The van der Waals surface area contributed by atoms with E-state index in [1.165, 1.54) is 42.6 Å². The molecule has 2 atom stereocenters. The first-order valence-electron chi connectivity index (χ1n) is 14.3. The summed E-state index contributed by atoms with van der Waals surface area (Å²) in [5.41, 5.74) is 20.8. The van der Waals surface area contributed by atoms with Crippen molar-refractivity contribution < 1.29 is 43.6 Å². The van der Waals surface area contributed by atoms with E-state index < -0.39 is 46.5 Å². The molecule has 2 aromatic heterocycles. The lowest BCUT2D eigenvalue weighted by Gasteiger charge is -2.49. The molecule has 2 aliphatic rings. The van der Waals surface area contributed by atoms with Crippen LogP contribution < -0.4 is 38.1 Å². The van der Waals surface area contributed by atoms with Crippen molar-refractivity contribution in [3.05, 3.63) is 39.8 Å². The number of amides is 3. The molecule has 1 saturated heterocycles. The summed E-state index contributed by atoms with van der Waals surface area (Å²) in [5, 5.41) is 27.4. The third-order valence-corrected chi connectivity index (χ3v) is 9.45. The molecule has 0 unspecified atom stereocenters. The molecule has 0 aliphatic carbocycles. The number of hydrogen-bond donors (Lipinski definition) is 8. The molecule has 2 aliphatic heterocycles. The minimum absolute atomic E-state index is 0.0104. The van der Waals surface area contributed by atoms with E-state index >= 15 is 0 Å². The molecule has 4 rings (SSSR count). The summed E-state index contributed by atoms with van der Waals surface area (Å²) in [6.07, 6.45) is 5.11. The number of hydrogen-bond acceptors (Lipinski definition) is 15. The van der Waals surface area contributed by atoms with Gasteiger partial charge in [0, 0.05) is 12.2 Å². The summed E-state index contributed by atoms with van der Waals surface area (Å²) in [4.78, 5) is 76.9. The van der Waals surface area contributed by atoms with Crippen LogP contribution >= 0.6 is 34.7 Å². The van der Waals surface area contributed by atoms with E-state index in [4.69, 9.17) is 39.4 Å². The summed E-state index contributed by atoms with van der Waals surface area (Å²) in [6, 6.07) is -1.18. The molecule has 3 amide bonds. The Hall–Kier alpha value is -4.99. The second kappa shape index (κ2) is 15.1. The zero-order valence-corrected chi connectivity index (χ0v) is 28.4. The maximum atomic E-state index is 13.4. The van der Waals surface area contributed by atoms with E-state index in [0.29, 0.717) is 18.5 Å². The summed E-state index contributed by atoms with van der Waals surface area (Å²) in [5.74, 6) is -4.53. The number of oxime groups is 1. The normalized spacial score (nSPS) is 17.8. The quantitative estimate of drug-likeness (QED) is 0.0523. The van der Waals surface area contributed by atoms with Gasteiger partial charge in [0.1, 0.15) is 27.1 Å². The first kappa shape index (κ1) is 36.8. The predicted molar refractivity (Wildman–Crippen MR) is 180 cm³/mol. The number of nitrogens with two attached hydrogens (primary N) is 4.